The summed E-state index contributed by atoms with van der Waals surface area (Å²) in [5.41, 5.74) is 4.61. The maximum Gasteiger partial charge on any atom is 0.442 e. The molecule has 0 saturated heterocycles. The van der Waals surface area contributed by atoms with Crippen LogP contribution in [-0.2, 0) is 14.5 Å². The molecule has 0 saturated carbocycles. The fourth-order valence-electron chi connectivity index (χ4n) is 0.703. The van der Waals surface area contributed by atoms with E-state index >= 15 is 0 Å². The normalized spacial score (nSPS) is 15.8. The molecular formula is C8H18N2O3S. The van der Waals surface area contributed by atoms with Gasteiger partial charge in [0, 0.05) is 18.6 Å². The van der Waals surface area contributed by atoms with Gasteiger partial charge < -0.3 is 10.5 Å². The molecule has 0 aromatic heterocycles. The van der Waals surface area contributed by atoms with Crippen LogP contribution < -0.4 is 5.73 Å². The highest BCUT2D eigenvalue weighted by Crippen LogP contribution is 2.08. The molecule has 5 nitrogen and oxygen atoms in total. The third-order valence-corrected chi connectivity index (χ3v) is 2.69. The largest absolute Gasteiger partial charge is 0.442 e. The van der Waals surface area contributed by atoms with Crippen LogP contribution in [0.15, 0.2) is 4.36 Å². The zero-order chi connectivity index (χ0) is 11.4. The van der Waals surface area contributed by atoms with Gasteiger partial charge in [-0.3, -0.25) is 0 Å². The third-order valence-electron chi connectivity index (χ3n) is 1.16. The second-order valence-corrected chi connectivity index (χ2v) is 6.53. The fourth-order valence-corrected chi connectivity index (χ4v) is 1.58. The molecule has 84 valence electrons. The van der Waals surface area contributed by atoms with Crippen molar-refractivity contribution >= 4 is 15.8 Å². The van der Waals surface area contributed by atoms with Gasteiger partial charge in [0.2, 0.25) is 0 Å². The molecule has 0 heterocycles. The lowest BCUT2D eigenvalue weighted by molar-refractivity contribution is 0.0607. The molecule has 0 fully saturated rings. The van der Waals surface area contributed by atoms with Crippen molar-refractivity contribution < 1.29 is 13.7 Å². The number of amides is 1. The smallest absolute Gasteiger partial charge is 0.442 e. The summed E-state index contributed by atoms with van der Waals surface area (Å²) in [5.74, 6) is 0.201. The van der Waals surface area contributed by atoms with Crippen molar-refractivity contribution in [3.8, 4) is 0 Å². The first-order chi connectivity index (χ1) is 6.16. The number of nitrogens with two attached hydrogens (primary N) is 1. The van der Waals surface area contributed by atoms with Gasteiger partial charge in [-0.2, -0.15) is 0 Å². The van der Waals surface area contributed by atoms with Crippen LogP contribution in [-0.4, -0.2) is 34.5 Å². The summed E-state index contributed by atoms with van der Waals surface area (Å²) in [5, 5.41) is 0. The van der Waals surface area contributed by atoms with E-state index in [4.69, 9.17) is 10.5 Å². The fraction of sp³-hybridized carbons (Fsp3) is 0.875. The summed E-state index contributed by atoms with van der Waals surface area (Å²) in [7, 11) is -2.53. The monoisotopic (exact) mass is 222 g/mol. The van der Waals surface area contributed by atoms with Crippen LogP contribution in [0, 0.1) is 0 Å². The molecule has 0 aliphatic heterocycles. The third kappa shape index (κ3) is 6.85. The minimum atomic E-state index is -2.53. The van der Waals surface area contributed by atoms with Crippen LogP contribution in [0.1, 0.15) is 20.8 Å². The predicted molar refractivity (Wildman–Crippen MR) is 56.6 cm³/mol. The van der Waals surface area contributed by atoms with Crippen LogP contribution in [0.5, 0.6) is 0 Å². The van der Waals surface area contributed by atoms with E-state index < -0.39 is 21.4 Å². The van der Waals surface area contributed by atoms with E-state index in [9.17, 15) is 9.00 Å². The van der Waals surface area contributed by atoms with Crippen molar-refractivity contribution in [2.75, 3.05) is 18.6 Å². The van der Waals surface area contributed by atoms with Gasteiger partial charge in [-0.25, -0.2) is 9.00 Å². The van der Waals surface area contributed by atoms with E-state index in [2.05, 4.69) is 4.36 Å². The maximum atomic E-state index is 11.5. The number of carbonyl (C=O) groups is 1. The van der Waals surface area contributed by atoms with Crippen LogP contribution in [0.2, 0.25) is 0 Å². The Morgan fingerprint density at radius 3 is 2.36 bits per heavy atom. The SMILES string of the molecule is CC(C)(C)OC(=O)N=S(C)(=O)CCN. The average Bonchev–Trinajstić information content (AvgIpc) is 1.78. The predicted octanol–water partition coefficient (Wildman–Crippen LogP) is 0.978. The lowest BCUT2D eigenvalue weighted by Gasteiger charge is -2.17. The van der Waals surface area contributed by atoms with Crippen LogP contribution in [0.3, 0.4) is 0 Å². The molecule has 0 spiro atoms. The molecule has 0 aromatic carbocycles. The molecule has 1 amide bonds. The molecule has 1 unspecified atom stereocenters. The molecule has 0 aliphatic rings. The Labute approximate surface area is 85.2 Å². The Bertz CT molecular complexity index is 311. The van der Waals surface area contributed by atoms with Crippen LogP contribution >= 0.6 is 0 Å². The number of hydrogen-bond donors (Lipinski definition) is 1. The summed E-state index contributed by atoms with van der Waals surface area (Å²) >= 11 is 0. The van der Waals surface area contributed by atoms with Crippen molar-refractivity contribution in [1.82, 2.24) is 0 Å². The molecule has 6 heteroatoms. The van der Waals surface area contributed by atoms with Gasteiger partial charge in [0.05, 0.1) is 9.73 Å². The second-order valence-electron chi connectivity index (χ2n) is 4.02. The Morgan fingerprint density at radius 2 is 2.00 bits per heavy atom. The number of ether oxygens (including phenoxy) is 1. The first-order valence-corrected chi connectivity index (χ1v) is 6.38. The molecular weight excluding hydrogens is 204 g/mol. The van der Waals surface area contributed by atoms with E-state index in [1.165, 1.54) is 6.26 Å². The lowest BCUT2D eigenvalue weighted by atomic mass is 10.2. The van der Waals surface area contributed by atoms with Crippen molar-refractivity contribution in [3.05, 3.63) is 0 Å². The van der Waals surface area contributed by atoms with Gasteiger partial charge in [-0.15, -0.1) is 4.36 Å². The molecule has 0 aromatic rings. The highest BCUT2D eigenvalue weighted by Gasteiger charge is 2.16. The number of rotatable bonds is 2. The minimum absolute atomic E-state index is 0.201. The lowest BCUT2D eigenvalue weighted by Crippen LogP contribution is -2.23. The van der Waals surface area contributed by atoms with E-state index in [0.717, 1.165) is 0 Å². The van der Waals surface area contributed by atoms with E-state index in [1.54, 1.807) is 20.8 Å². The summed E-state index contributed by atoms with van der Waals surface area (Å²) in [6.45, 7) is 5.41. The summed E-state index contributed by atoms with van der Waals surface area (Å²) in [6.07, 6.45) is 0.600. The first kappa shape index (κ1) is 13.4. The zero-order valence-corrected chi connectivity index (χ0v) is 9.89. The molecule has 0 aliphatic carbocycles. The summed E-state index contributed by atoms with van der Waals surface area (Å²) in [6, 6.07) is 0. The van der Waals surface area contributed by atoms with Gasteiger partial charge in [0.15, 0.2) is 0 Å². The average molecular weight is 222 g/mol. The van der Waals surface area contributed by atoms with Crippen molar-refractivity contribution in [2.24, 2.45) is 10.1 Å². The quantitative estimate of drug-likeness (QED) is 0.755. The topological polar surface area (TPSA) is 81.8 Å². The summed E-state index contributed by atoms with van der Waals surface area (Å²) in [4.78, 5) is 11.1. The molecule has 2 N–H and O–H groups in total. The zero-order valence-electron chi connectivity index (χ0n) is 9.07. The Balaban J connectivity index is 4.52. The second kappa shape index (κ2) is 4.75. The van der Waals surface area contributed by atoms with Crippen LogP contribution in [0.25, 0.3) is 0 Å². The molecule has 0 radical (unpaired) electrons. The van der Waals surface area contributed by atoms with Gasteiger partial charge in [0.25, 0.3) is 0 Å². The number of hydrogen-bond acceptors (Lipinski definition) is 4. The standard InChI is InChI=1S/C8H18N2O3S/c1-8(2,3)13-7(11)10-14(4,12)6-5-9/h5-6,9H2,1-4H3. The maximum absolute atomic E-state index is 11.5. The Kier molecular flexibility index (Phi) is 4.54. The minimum Gasteiger partial charge on any atom is -0.442 e. The van der Waals surface area contributed by atoms with E-state index in [0.29, 0.717) is 0 Å². The van der Waals surface area contributed by atoms with E-state index in [-0.39, 0.29) is 12.3 Å². The van der Waals surface area contributed by atoms with Gasteiger partial charge in [0.1, 0.15) is 5.60 Å². The number of carbonyl (C=O) groups excluding carboxylic acids is 1. The highest BCUT2D eigenvalue weighted by molar-refractivity contribution is 7.93. The summed E-state index contributed by atoms with van der Waals surface area (Å²) < 4.78 is 19.9. The Hall–Kier alpha value is -0.620. The first-order valence-electron chi connectivity index (χ1n) is 4.29. The van der Waals surface area contributed by atoms with Gasteiger partial charge >= 0.3 is 6.09 Å². The molecule has 0 bridgehead atoms. The Morgan fingerprint density at radius 1 is 1.50 bits per heavy atom. The van der Waals surface area contributed by atoms with Gasteiger partial charge in [-0.1, -0.05) is 0 Å². The van der Waals surface area contributed by atoms with Crippen molar-refractivity contribution in [2.45, 2.75) is 26.4 Å². The van der Waals surface area contributed by atoms with Gasteiger partial charge in [-0.05, 0) is 20.8 Å². The van der Waals surface area contributed by atoms with E-state index in [1.807, 2.05) is 0 Å². The van der Waals surface area contributed by atoms with Crippen molar-refractivity contribution in [1.29, 1.82) is 0 Å². The highest BCUT2D eigenvalue weighted by atomic mass is 32.2. The van der Waals surface area contributed by atoms with Crippen LogP contribution in [0.4, 0.5) is 4.79 Å². The molecule has 14 heavy (non-hydrogen) atoms. The molecule has 0 rings (SSSR count). The number of nitrogens with zero attached hydrogens (tertiary/aromatic N) is 1. The molecule has 1 atom stereocenters. The van der Waals surface area contributed by atoms with Crippen molar-refractivity contribution in [3.63, 3.8) is 0 Å².